The molecule has 2 spiro atoms. The Morgan fingerprint density at radius 3 is 1.77 bits per heavy atom. The molecule has 10 nitrogen and oxygen atoms in total. The van der Waals surface area contributed by atoms with E-state index in [2.05, 4.69) is 6.92 Å². The smallest absolute Gasteiger partial charge is 0.306 e. The molecule has 0 N–H and O–H groups in total. The maximum atomic E-state index is 14.4. The average molecular weight is 589 g/mol. The summed E-state index contributed by atoms with van der Waals surface area (Å²) < 4.78 is 23.5. The molecule has 0 saturated carbocycles. The Bertz CT molecular complexity index is 1280. The number of esters is 2. The fourth-order valence-electron chi connectivity index (χ4n) is 7.68. The van der Waals surface area contributed by atoms with Crippen LogP contribution < -0.4 is 0 Å². The highest BCUT2D eigenvalue weighted by atomic mass is 33.1. The third-order valence-electron chi connectivity index (χ3n) is 9.53. The number of nitrogens with zero attached hydrogens (tertiary/aromatic N) is 2. The second kappa shape index (κ2) is 8.75. The summed E-state index contributed by atoms with van der Waals surface area (Å²) in [7, 11) is 2.95. The summed E-state index contributed by atoms with van der Waals surface area (Å²) in [5, 5.41) is 0. The van der Waals surface area contributed by atoms with Gasteiger partial charge in [-0.1, -0.05) is 48.3 Å². The van der Waals surface area contributed by atoms with E-state index in [-0.39, 0.29) is 60.3 Å². The zero-order valence-electron chi connectivity index (χ0n) is 22.4. The van der Waals surface area contributed by atoms with Crippen molar-refractivity contribution in [3.8, 4) is 0 Å². The van der Waals surface area contributed by atoms with Gasteiger partial charge in [-0.05, 0) is 36.1 Å². The summed E-state index contributed by atoms with van der Waals surface area (Å²) in [5.41, 5.74) is 1.89. The molecule has 2 aliphatic carbocycles. The largest absolute Gasteiger partial charge is 0.455 e. The number of fused-ring (bicyclic) bond motifs is 7. The minimum atomic E-state index is -1.05. The van der Waals surface area contributed by atoms with E-state index < -0.39 is 21.9 Å². The third-order valence-corrected chi connectivity index (χ3v) is 13.1. The quantitative estimate of drug-likeness (QED) is 0.138. The molecular formula is C28H32N2O8S2. The molecule has 2 bridgehead atoms. The molecule has 0 radical (unpaired) electrons. The van der Waals surface area contributed by atoms with Gasteiger partial charge in [-0.2, -0.15) is 0 Å². The number of ether oxygens (including phenoxy) is 4. The number of piperazine rings is 1. The number of carbonyl (C=O) groups excluding carboxylic acids is 4. The molecule has 0 aromatic heterocycles. The van der Waals surface area contributed by atoms with Gasteiger partial charge in [-0.15, -0.1) is 0 Å². The Balaban J connectivity index is 1.08. The van der Waals surface area contributed by atoms with Crippen LogP contribution in [0.5, 0.6) is 0 Å². The lowest BCUT2D eigenvalue weighted by Crippen LogP contribution is -2.76. The van der Waals surface area contributed by atoms with E-state index in [1.54, 1.807) is 9.80 Å². The van der Waals surface area contributed by atoms with Gasteiger partial charge in [-0.25, -0.2) is 0 Å². The first-order valence-corrected chi connectivity index (χ1v) is 16.6. The van der Waals surface area contributed by atoms with E-state index in [1.165, 1.54) is 21.6 Å². The third kappa shape index (κ3) is 3.33. The van der Waals surface area contributed by atoms with Gasteiger partial charge in [0, 0.05) is 25.7 Å². The van der Waals surface area contributed by atoms with Crippen LogP contribution in [0.2, 0.25) is 0 Å². The second-order valence-electron chi connectivity index (χ2n) is 12.1. The summed E-state index contributed by atoms with van der Waals surface area (Å²) in [6.45, 7) is 4.02. The van der Waals surface area contributed by atoms with Crippen molar-refractivity contribution in [3.63, 3.8) is 0 Å². The lowest BCUT2D eigenvalue weighted by Gasteiger charge is -2.58. The van der Waals surface area contributed by atoms with E-state index in [1.807, 2.05) is 19.1 Å². The first kappa shape index (κ1) is 25.7. The predicted molar refractivity (Wildman–Crippen MR) is 143 cm³/mol. The second-order valence-corrected chi connectivity index (χ2v) is 14.7. The molecular weight excluding hydrogens is 556 g/mol. The minimum absolute atomic E-state index is 0.0689. The van der Waals surface area contributed by atoms with Crippen LogP contribution in [-0.4, -0.2) is 92.0 Å². The van der Waals surface area contributed by atoms with E-state index in [4.69, 9.17) is 18.9 Å². The number of amides is 2. The summed E-state index contributed by atoms with van der Waals surface area (Å²) in [4.78, 5) is 55.0. The predicted octanol–water partition coefficient (Wildman–Crippen LogP) is 2.61. The number of epoxide rings is 2. The monoisotopic (exact) mass is 588 g/mol. The molecule has 7 heterocycles. The molecule has 7 fully saturated rings. The molecule has 0 unspecified atom stereocenters. The van der Waals surface area contributed by atoms with Crippen molar-refractivity contribution in [1.29, 1.82) is 0 Å². The van der Waals surface area contributed by atoms with E-state index in [0.29, 0.717) is 32.1 Å². The average Bonchev–Trinajstić information content (AvgIpc) is 3.83. The molecule has 0 aromatic rings. The van der Waals surface area contributed by atoms with Crippen molar-refractivity contribution in [2.75, 3.05) is 0 Å². The van der Waals surface area contributed by atoms with Crippen molar-refractivity contribution in [2.45, 2.75) is 124 Å². The lowest BCUT2D eigenvalue weighted by molar-refractivity contribution is -0.166. The maximum absolute atomic E-state index is 14.4. The number of rotatable bonds is 8. The summed E-state index contributed by atoms with van der Waals surface area (Å²) in [5.74, 6) is -0.631. The van der Waals surface area contributed by atoms with Gasteiger partial charge in [0.05, 0.1) is 12.1 Å². The van der Waals surface area contributed by atoms with Crippen LogP contribution in [0.15, 0.2) is 23.3 Å². The molecule has 7 saturated heterocycles. The van der Waals surface area contributed by atoms with Crippen molar-refractivity contribution in [3.05, 3.63) is 23.3 Å². The Morgan fingerprint density at radius 2 is 1.30 bits per heavy atom. The zero-order valence-corrected chi connectivity index (χ0v) is 24.0. The topological polar surface area (TPSA) is 118 Å². The summed E-state index contributed by atoms with van der Waals surface area (Å²) >= 11 is 0. The van der Waals surface area contributed by atoms with Crippen molar-refractivity contribution in [2.24, 2.45) is 0 Å². The standard InChI is InChI=1S/C28H32N2O8S2/c1-3-5-6-8-18(32)36-16-10-14-12-28-26(34)29-19-13(9-15(21-23(19)37-21)35-17(31)7-4-2)11-27(29,39-40-28)25(33)30(28)20(14)24-22(16)38-24/h9-10,15-16,19-24H,3-8,11-12H2,1-2H3/t15-,16-,19-,20-,21-,22-,23+,24+,27+,28+/m0/s1. The SMILES string of the molecule is CCCCCC(=O)O[C@H]1C=C2C[C@@]34SS[C@]5(CC6=C[C@H](OC(=O)CCC)[C@@H]7O[C@@H]7[C@H]6N5C3=O)C(=O)N4[C@@H]2[C@H]2O[C@H]21. The molecule has 214 valence electrons. The fourth-order valence-corrected chi connectivity index (χ4v) is 11.4. The van der Waals surface area contributed by atoms with Gasteiger partial charge < -0.3 is 28.7 Å². The van der Waals surface area contributed by atoms with E-state index >= 15 is 0 Å². The molecule has 7 aliphatic heterocycles. The van der Waals surface area contributed by atoms with Crippen LogP contribution in [0.4, 0.5) is 0 Å². The van der Waals surface area contributed by atoms with Gasteiger partial charge in [0.15, 0.2) is 9.74 Å². The van der Waals surface area contributed by atoms with Gasteiger partial charge in [-0.3, -0.25) is 19.2 Å². The molecule has 10 atom stereocenters. The lowest BCUT2D eigenvalue weighted by atomic mass is 9.91. The van der Waals surface area contributed by atoms with Crippen LogP contribution in [0, 0.1) is 0 Å². The summed E-state index contributed by atoms with van der Waals surface area (Å²) in [6, 6.07) is -0.651. The first-order chi connectivity index (χ1) is 19.3. The van der Waals surface area contributed by atoms with Crippen LogP contribution >= 0.6 is 21.6 Å². The van der Waals surface area contributed by atoms with E-state index in [9.17, 15) is 19.2 Å². The normalized spacial score (nSPS) is 44.5. The number of hydrogen-bond donors (Lipinski definition) is 0. The summed E-state index contributed by atoms with van der Waals surface area (Å²) in [6.07, 6.45) is 6.78. The van der Waals surface area contributed by atoms with Crippen molar-refractivity contribution in [1.82, 2.24) is 9.80 Å². The fraction of sp³-hybridized carbons (Fsp3) is 0.714. The first-order valence-electron chi connectivity index (χ1n) is 14.5. The molecule has 9 rings (SSSR count). The number of unbranched alkanes of at least 4 members (excludes halogenated alkanes) is 2. The van der Waals surface area contributed by atoms with E-state index in [0.717, 1.165) is 30.4 Å². The van der Waals surface area contributed by atoms with Gasteiger partial charge in [0.1, 0.15) is 36.6 Å². The molecule has 40 heavy (non-hydrogen) atoms. The van der Waals surface area contributed by atoms with Crippen molar-refractivity contribution < 1.29 is 38.1 Å². The van der Waals surface area contributed by atoms with Crippen LogP contribution in [0.3, 0.4) is 0 Å². The van der Waals surface area contributed by atoms with Gasteiger partial charge >= 0.3 is 11.9 Å². The Hall–Kier alpha value is -2.02. The van der Waals surface area contributed by atoms with Crippen LogP contribution in [-0.2, 0) is 38.1 Å². The molecule has 9 aliphatic rings. The Kier molecular flexibility index (Phi) is 5.61. The van der Waals surface area contributed by atoms with Crippen LogP contribution in [0.1, 0.15) is 65.2 Å². The highest BCUT2D eigenvalue weighted by Crippen LogP contribution is 2.71. The molecule has 12 heteroatoms. The number of hydrogen-bond acceptors (Lipinski definition) is 10. The Labute approximate surface area is 239 Å². The van der Waals surface area contributed by atoms with Crippen molar-refractivity contribution >= 4 is 45.3 Å². The highest BCUT2D eigenvalue weighted by molar-refractivity contribution is 8.78. The molecule has 2 amide bonds. The Morgan fingerprint density at radius 1 is 0.800 bits per heavy atom. The molecule has 0 aromatic carbocycles. The van der Waals surface area contributed by atoms with Gasteiger partial charge in [0.25, 0.3) is 11.8 Å². The van der Waals surface area contributed by atoms with Crippen LogP contribution in [0.25, 0.3) is 0 Å². The zero-order chi connectivity index (χ0) is 27.6. The number of carbonyl (C=O) groups is 4. The minimum Gasteiger partial charge on any atom is -0.455 e. The maximum Gasteiger partial charge on any atom is 0.306 e. The highest BCUT2D eigenvalue weighted by Gasteiger charge is 2.80. The van der Waals surface area contributed by atoms with Gasteiger partial charge in [0.2, 0.25) is 0 Å².